The van der Waals surface area contributed by atoms with E-state index in [0.717, 1.165) is 5.56 Å². The average Bonchev–Trinajstić information content (AvgIpc) is 2.27. The van der Waals surface area contributed by atoms with E-state index in [4.69, 9.17) is 11.6 Å². The SMILES string of the molecule is C=Cc1cccc2c(CCl)cccc12. The fraction of sp³-hybridized carbons (Fsp3) is 0.0769. The van der Waals surface area contributed by atoms with Crippen LogP contribution >= 0.6 is 11.6 Å². The zero-order valence-corrected chi connectivity index (χ0v) is 8.59. The van der Waals surface area contributed by atoms with Crippen molar-refractivity contribution >= 4 is 28.4 Å². The van der Waals surface area contributed by atoms with Crippen molar-refractivity contribution in [2.45, 2.75) is 5.88 Å². The maximum atomic E-state index is 5.88. The molecule has 0 aliphatic rings. The second-order valence-corrected chi connectivity index (χ2v) is 3.46. The molecule has 0 aliphatic carbocycles. The second-order valence-electron chi connectivity index (χ2n) is 3.20. The molecule has 0 amide bonds. The van der Waals surface area contributed by atoms with Gasteiger partial charge in [0.15, 0.2) is 0 Å². The van der Waals surface area contributed by atoms with E-state index in [2.05, 4.69) is 30.8 Å². The normalized spacial score (nSPS) is 10.4. The van der Waals surface area contributed by atoms with Crippen LogP contribution in [0.5, 0.6) is 0 Å². The molecule has 0 heterocycles. The van der Waals surface area contributed by atoms with Gasteiger partial charge in [-0.05, 0) is 21.9 Å². The lowest BCUT2D eigenvalue weighted by Gasteiger charge is -2.05. The van der Waals surface area contributed by atoms with Gasteiger partial charge < -0.3 is 0 Å². The molecular formula is C13H11Cl. The molecule has 0 spiro atoms. The topological polar surface area (TPSA) is 0 Å². The predicted molar refractivity (Wildman–Crippen MR) is 63.6 cm³/mol. The maximum absolute atomic E-state index is 5.88. The van der Waals surface area contributed by atoms with Crippen LogP contribution in [0.3, 0.4) is 0 Å². The van der Waals surface area contributed by atoms with Crippen LogP contribution in [-0.2, 0) is 5.88 Å². The minimum Gasteiger partial charge on any atom is -0.122 e. The van der Waals surface area contributed by atoms with Crippen LogP contribution in [-0.4, -0.2) is 0 Å². The summed E-state index contributed by atoms with van der Waals surface area (Å²) >= 11 is 5.88. The first kappa shape index (κ1) is 9.29. The standard InChI is InChI=1S/C13H11Cl/c1-2-10-5-3-8-13-11(9-14)6-4-7-12(10)13/h2-8H,1,9H2. The number of benzene rings is 2. The summed E-state index contributed by atoms with van der Waals surface area (Å²) in [5, 5.41) is 2.44. The van der Waals surface area contributed by atoms with Gasteiger partial charge in [-0.2, -0.15) is 0 Å². The Hall–Kier alpha value is -1.27. The molecule has 70 valence electrons. The summed E-state index contributed by atoms with van der Waals surface area (Å²) in [4.78, 5) is 0. The lowest BCUT2D eigenvalue weighted by atomic mass is 10.0. The Labute approximate surface area is 88.8 Å². The molecule has 0 saturated heterocycles. The summed E-state index contributed by atoms with van der Waals surface area (Å²) in [5.74, 6) is 0.554. The fourth-order valence-corrected chi connectivity index (χ4v) is 1.93. The number of alkyl halides is 1. The number of halogens is 1. The van der Waals surface area contributed by atoms with Crippen LogP contribution in [0, 0.1) is 0 Å². The Morgan fingerprint density at radius 2 is 1.79 bits per heavy atom. The van der Waals surface area contributed by atoms with Crippen molar-refractivity contribution in [3.8, 4) is 0 Å². The third-order valence-electron chi connectivity index (χ3n) is 2.41. The Morgan fingerprint density at radius 1 is 1.07 bits per heavy atom. The van der Waals surface area contributed by atoms with Crippen molar-refractivity contribution in [1.29, 1.82) is 0 Å². The van der Waals surface area contributed by atoms with Gasteiger partial charge in [-0.25, -0.2) is 0 Å². The molecule has 0 radical (unpaired) electrons. The summed E-state index contributed by atoms with van der Waals surface area (Å²) < 4.78 is 0. The lowest BCUT2D eigenvalue weighted by Crippen LogP contribution is -1.83. The highest BCUT2D eigenvalue weighted by Gasteiger charge is 2.01. The molecule has 2 aromatic rings. The Kier molecular flexibility index (Phi) is 2.55. The molecule has 0 aliphatic heterocycles. The van der Waals surface area contributed by atoms with E-state index in [1.54, 1.807) is 0 Å². The van der Waals surface area contributed by atoms with Crippen LogP contribution in [0.1, 0.15) is 11.1 Å². The van der Waals surface area contributed by atoms with E-state index in [-0.39, 0.29) is 0 Å². The molecule has 0 unspecified atom stereocenters. The van der Waals surface area contributed by atoms with Crippen molar-refractivity contribution in [3.63, 3.8) is 0 Å². The number of rotatable bonds is 2. The summed E-state index contributed by atoms with van der Waals surface area (Å²) in [6.45, 7) is 3.80. The molecule has 0 atom stereocenters. The van der Waals surface area contributed by atoms with Crippen molar-refractivity contribution in [2.75, 3.05) is 0 Å². The zero-order valence-electron chi connectivity index (χ0n) is 7.83. The van der Waals surface area contributed by atoms with Gasteiger partial charge in [0.1, 0.15) is 0 Å². The predicted octanol–water partition coefficient (Wildman–Crippen LogP) is 4.22. The molecular weight excluding hydrogens is 192 g/mol. The molecule has 0 nitrogen and oxygen atoms in total. The number of fused-ring (bicyclic) bond motifs is 1. The van der Waals surface area contributed by atoms with E-state index in [1.807, 2.05) is 18.2 Å². The van der Waals surface area contributed by atoms with E-state index < -0.39 is 0 Å². The fourth-order valence-electron chi connectivity index (χ4n) is 1.69. The smallest absolute Gasteiger partial charge is 0.0480 e. The van der Waals surface area contributed by atoms with E-state index in [1.165, 1.54) is 16.3 Å². The lowest BCUT2D eigenvalue weighted by molar-refractivity contribution is 1.45. The maximum Gasteiger partial charge on any atom is 0.0480 e. The van der Waals surface area contributed by atoms with Gasteiger partial charge in [-0.3, -0.25) is 0 Å². The summed E-state index contributed by atoms with van der Waals surface area (Å²) in [6.07, 6.45) is 1.88. The van der Waals surface area contributed by atoms with Crippen LogP contribution < -0.4 is 0 Å². The molecule has 2 rings (SSSR count). The van der Waals surface area contributed by atoms with Crippen molar-refractivity contribution < 1.29 is 0 Å². The summed E-state index contributed by atoms with van der Waals surface area (Å²) in [7, 11) is 0. The van der Waals surface area contributed by atoms with Gasteiger partial charge >= 0.3 is 0 Å². The highest BCUT2D eigenvalue weighted by atomic mass is 35.5. The third kappa shape index (κ3) is 1.42. The Morgan fingerprint density at radius 3 is 2.50 bits per heavy atom. The molecule has 0 saturated carbocycles. The van der Waals surface area contributed by atoms with Crippen molar-refractivity contribution in [1.82, 2.24) is 0 Å². The summed E-state index contributed by atoms with van der Waals surface area (Å²) in [6, 6.07) is 12.4. The highest BCUT2D eigenvalue weighted by molar-refractivity contribution is 6.18. The minimum atomic E-state index is 0.554. The number of hydrogen-bond acceptors (Lipinski definition) is 0. The molecule has 0 aromatic heterocycles. The molecule has 1 heteroatoms. The largest absolute Gasteiger partial charge is 0.122 e. The van der Waals surface area contributed by atoms with Crippen LogP contribution in [0.25, 0.3) is 16.8 Å². The first-order valence-corrected chi connectivity index (χ1v) is 5.09. The van der Waals surface area contributed by atoms with Crippen molar-refractivity contribution in [2.24, 2.45) is 0 Å². The molecule has 0 fully saturated rings. The molecule has 0 bridgehead atoms. The Balaban J connectivity index is 2.84. The molecule has 14 heavy (non-hydrogen) atoms. The molecule has 0 N–H and O–H groups in total. The third-order valence-corrected chi connectivity index (χ3v) is 2.70. The van der Waals surface area contributed by atoms with E-state index in [0.29, 0.717) is 5.88 Å². The van der Waals surface area contributed by atoms with Gasteiger partial charge in [0, 0.05) is 5.88 Å². The minimum absolute atomic E-state index is 0.554. The van der Waals surface area contributed by atoms with Gasteiger partial charge in [0.25, 0.3) is 0 Å². The van der Waals surface area contributed by atoms with Gasteiger partial charge in [0.2, 0.25) is 0 Å². The average molecular weight is 203 g/mol. The summed E-state index contributed by atoms with van der Waals surface area (Å²) in [5.41, 5.74) is 2.34. The second kappa shape index (κ2) is 3.85. The van der Waals surface area contributed by atoms with Crippen LogP contribution in [0.15, 0.2) is 43.0 Å². The van der Waals surface area contributed by atoms with E-state index in [9.17, 15) is 0 Å². The number of hydrogen-bond donors (Lipinski definition) is 0. The highest BCUT2D eigenvalue weighted by Crippen LogP contribution is 2.24. The quantitative estimate of drug-likeness (QED) is 0.640. The van der Waals surface area contributed by atoms with Crippen LogP contribution in [0.4, 0.5) is 0 Å². The van der Waals surface area contributed by atoms with Crippen molar-refractivity contribution in [3.05, 3.63) is 54.1 Å². The zero-order chi connectivity index (χ0) is 9.97. The first-order valence-electron chi connectivity index (χ1n) is 4.56. The van der Waals surface area contributed by atoms with E-state index >= 15 is 0 Å². The van der Waals surface area contributed by atoms with Gasteiger partial charge in [-0.1, -0.05) is 49.1 Å². The molecule has 2 aromatic carbocycles. The van der Waals surface area contributed by atoms with Crippen LogP contribution in [0.2, 0.25) is 0 Å². The monoisotopic (exact) mass is 202 g/mol. The Bertz CT molecular complexity index is 472. The first-order chi connectivity index (χ1) is 6.86. The van der Waals surface area contributed by atoms with Gasteiger partial charge in [0.05, 0.1) is 0 Å². The van der Waals surface area contributed by atoms with Gasteiger partial charge in [-0.15, -0.1) is 11.6 Å².